The number of rotatable bonds is 4. The van der Waals surface area contributed by atoms with Gasteiger partial charge in [0.1, 0.15) is 22.3 Å². The first-order valence-corrected chi connectivity index (χ1v) is 7.70. The van der Waals surface area contributed by atoms with Crippen LogP contribution >= 0.6 is 0 Å². The van der Waals surface area contributed by atoms with Crippen LogP contribution in [0.2, 0.25) is 0 Å². The molecule has 0 spiro atoms. The minimum Gasteiger partial charge on any atom is -0.379 e. The molecule has 3 nitrogen and oxygen atoms in total. The Morgan fingerprint density at radius 3 is 2.43 bits per heavy atom. The van der Waals surface area contributed by atoms with Gasteiger partial charge in [0, 0.05) is 0 Å². The average molecular weight is 312 g/mol. The van der Waals surface area contributed by atoms with Crippen LogP contribution in [0.3, 0.4) is 0 Å². The first-order valence-electron chi connectivity index (χ1n) is 6.29. The molecular formula is C15H14F2O3S. The van der Waals surface area contributed by atoms with E-state index >= 15 is 0 Å². The fourth-order valence-corrected chi connectivity index (χ4v) is 2.78. The molecule has 0 saturated heterocycles. The van der Waals surface area contributed by atoms with Gasteiger partial charge in [0.15, 0.2) is 0 Å². The largest absolute Gasteiger partial charge is 0.379 e. The standard InChI is InChI=1S/C15H14F2O3S/c1-10(2)11-4-3-5-13(8-11)20-21(18,19)15-9-12(16)6-7-14(15)17/h3-10H,1-2H3. The summed E-state index contributed by atoms with van der Waals surface area (Å²) >= 11 is 0. The van der Waals surface area contributed by atoms with E-state index in [-0.39, 0.29) is 11.7 Å². The molecule has 0 aliphatic heterocycles. The van der Waals surface area contributed by atoms with Crippen LogP contribution in [0.5, 0.6) is 5.75 Å². The molecule has 0 fully saturated rings. The Labute approximate surface area is 122 Å². The van der Waals surface area contributed by atoms with E-state index in [4.69, 9.17) is 4.18 Å². The Morgan fingerprint density at radius 1 is 1.05 bits per heavy atom. The van der Waals surface area contributed by atoms with E-state index in [1.807, 2.05) is 19.9 Å². The zero-order chi connectivity index (χ0) is 15.6. The molecule has 0 aliphatic rings. The zero-order valence-corrected chi connectivity index (χ0v) is 12.3. The van der Waals surface area contributed by atoms with Crippen LogP contribution in [0.4, 0.5) is 8.78 Å². The molecule has 0 radical (unpaired) electrons. The fraction of sp³-hybridized carbons (Fsp3) is 0.200. The zero-order valence-electron chi connectivity index (χ0n) is 11.5. The van der Waals surface area contributed by atoms with Crippen LogP contribution in [0.15, 0.2) is 47.4 Å². The summed E-state index contributed by atoms with van der Waals surface area (Å²) in [5.41, 5.74) is 0.877. The molecule has 0 aromatic heterocycles. The molecule has 6 heteroatoms. The van der Waals surface area contributed by atoms with Crippen LogP contribution in [0, 0.1) is 11.6 Å². The third-order valence-electron chi connectivity index (χ3n) is 2.89. The lowest BCUT2D eigenvalue weighted by atomic mass is 10.0. The molecule has 0 N–H and O–H groups in total. The summed E-state index contributed by atoms with van der Waals surface area (Å²) in [6, 6.07) is 8.65. The third-order valence-corrected chi connectivity index (χ3v) is 4.16. The van der Waals surface area contributed by atoms with Crippen molar-refractivity contribution in [2.75, 3.05) is 0 Å². The number of benzene rings is 2. The molecule has 21 heavy (non-hydrogen) atoms. The second-order valence-corrected chi connectivity index (χ2v) is 6.35. The molecule has 2 aromatic rings. The quantitative estimate of drug-likeness (QED) is 0.805. The second-order valence-electron chi connectivity index (χ2n) is 4.84. The van der Waals surface area contributed by atoms with Crippen LogP contribution in [0.1, 0.15) is 25.3 Å². The topological polar surface area (TPSA) is 43.4 Å². The van der Waals surface area contributed by atoms with Crippen molar-refractivity contribution in [2.24, 2.45) is 0 Å². The SMILES string of the molecule is CC(C)c1cccc(OS(=O)(=O)c2cc(F)ccc2F)c1. The lowest BCUT2D eigenvalue weighted by molar-refractivity contribution is 0.473. The van der Waals surface area contributed by atoms with Gasteiger partial charge in [0.2, 0.25) is 0 Å². The van der Waals surface area contributed by atoms with Gasteiger partial charge in [0.25, 0.3) is 0 Å². The number of hydrogen-bond acceptors (Lipinski definition) is 3. The summed E-state index contributed by atoms with van der Waals surface area (Å²) in [7, 11) is -4.42. The maximum Gasteiger partial charge on any atom is 0.342 e. The Kier molecular flexibility index (Phi) is 4.27. The van der Waals surface area contributed by atoms with Gasteiger partial charge in [-0.1, -0.05) is 26.0 Å². The summed E-state index contributed by atoms with van der Waals surface area (Å²) in [5, 5.41) is 0. The first-order chi connectivity index (χ1) is 9.79. The minimum absolute atomic E-state index is 0.0601. The van der Waals surface area contributed by atoms with E-state index in [2.05, 4.69) is 0 Å². The van der Waals surface area contributed by atoms with Crippen LogP contribution in [-0.4, -0.2) is 8.42 Å². The molecule has 0 unspecified atom stereocenters. The first kappa shape index (κ1) is 15.4. The number of hydrogen-bond donors (Lipinski definition) is 0. The summed E-state index contributed by atoms with van der Waals surface area (Å²) < 4.78 is 55.6. The van der Waals surface area contributed by atoms with Crippen LogP contribution < -0.4 is 4.18 Å². The highest BCUT2D eigenvalue weighted by molar-refractivity contribution is 7.87. The van der Waals surface area contributed by atoms with Gasteiger partial charge in [-0.2, -0.15) is 8.42 Å². The van der Waals surface area contributed by atoms with E-state index in [0.29, 0.717) is 6.07 Å². The van der Waals surface area contributed by atoms with E-state index in [1.54, 1.807) is 12.1 Å². The van der Waals surface area contributed by atoms with Gasteiger partial charge < -0.3 is 4.18 Å². The van der Waals surface area contributed by atoms with Crippen molar-refractivity contribution >= 4 is 10.1 Å². The molecule has 112 valence electrons. The van der Waals surface area contributed by atoms with Crippen molar-refractivity contribution in [3.05, 3.63) is 59.7 Å². The lowest BCUT2D eigenvalue weighted by Crippen LogP contribution is -2.12. The van der Waals surface area contributed by atoms with E-state index < -0.39 is 26.6 Å². The normalized spacial score (nSPS) is 11.7. The molecule has 0 atom stereocenters. The number of halogens is 2. The predicted molar refractivity (Wildman–Crippen MR) is 74.7 cm³/mol. The predicted octanol–water partition coefficient (Wildman–Crippen LogP) is 3.86. The highest BCUT2D eigenvalue weighted by atomic mass is 32.2. The van der Waals surface area contributed by atoms with Crippen LogP contribution in [-0.2, 0) is 10.1 Å². The maximum atomic E-state index is 13.5. The monoisotopic (exact) mass is 312 g/mol. The second kappa shape index (κ2) is 5.81. The van der Waals surface area contributed by atoms with Gasteiger partial charge in [-0.25, -0.2) is 8.78 Å². The maximum absolute atomic E-state index is 13.5. The summed E-state index contributed by atoms with van der Waals surface area (Å²) in [5.74, 6) is -1.67. The fourth-order valence-electron chi connectivity index (χ4n) is 1.77. The Hall–Kier alpha value is -1.95. The molecule has 0 saturated carbocycles. The highest BCUT2D eigenvalue weighted by Crippen LogP contribution is 2.24. The Balaban J connectivity index is 2.37. The van der Waals surface area contributed by atoms with Crippen molar-refractivity contribution in [3.63, 3.8) is 0 Å². The highest BCUT2D eigenvalue weighted by Gasteiger charge is 2.22. The molecule has 2 aromatic carbocycles. The summed E-state index contributed by atoms with van der Waals surface area (Å²) in [6.45, 7) is 3.89. The van der Waals surface area contributed by atoms with Gasteiger partial charge in [-0.05, 0) is 41.8 Å². The minimum atomic E-state index is -4.42. The molecule has 0 heterocycles. The Morgan fingerprint density at radius 2 is 1.76 bits per heavy atom. The molecule has 0 aliphatic carbocycles. The molecule has 0 bridgehead atoms. The van der Waals surface area contributed by atoms with E-state index in [1.165, 1.54) is 6.07 Å². The molecule has 2 rings (SSSR count). The smallest absolute Gasteiger partial charge is 0.342 e. The molecular weight excluding hydrogens is 298 g/mol. The Bertz CT molecular complexity index is 755. The van der Waals surface area contributed by atoms with Crippen LogP contribution in [0.25, 0.3) is 0 Å². The van der Waals surface area contributed by atoms with Gasteiger partial charge in [-0.3, -0.25) is 0 Å². The average Bonchev–Trinajstić information content (AvgIpc) is 2.41. The van der Waals surface area contributed by atoms with Crippen molar-refractivity contribution < 1.29 is 21.4 Å². The summed E-state index contributed by atoms with van der Waals surface area (Å²) in [4.78, 5) is -0.822. The van der Waals surface area contributed by atoms with E-state index in [9.17, 15) is 17.2 Å². The van der Waals surface area contributed by atoms with E-state index in [0.717, 1.165) is 17.7 Å². The van der Waals surface area contributed by atoms with Crippen molar-refractivity contribution in [1.82, 2.24) is 0 Å². The molecule has 0 amide bonds. The van der Waals surface area contributed by atoms with Crippen molar-refractivity contribution in [3.8, 4) is 5.75 Å². The third kappa shape index (κ3) is 3.58. The van der Waals surface area contributed by atoms with Gasteiger partial charge in [0.05, 0.1) is 0 Å². The van der Waals surface area contributed by atoms with Crippen molar-refractivity contribution in [1.29, 1.82) is 0 Å². The van der Waals surface area contributed by atoms with Gasteiger partial charge in [-0.15, -0.1) is 0 Å². The van der Waals surface area contributed by atoms with Gasteiger partial charge >= 0.3 is 10.1 Å². The van der Waals surface area contributed by atoms with Crippen molar-refractivity contribution in [2.45, 2.75) is 24.7 Å². The lowest BCUT2D eigenvalue weighted by Gasteiger charge is -2.10. The summed E-state index contributed by atoms with van der Waals surface area (Å²) in [6.07, 6.45) is 0.